The van der Waals surface area contributed by atoms with Crippen LogP contribution in [0.1, 0.15) is 39.0 Å². The van der Waals surface area contributed by atoms with E-state index in [0.29, 0.717) is 0 Å². The van der Waals surface area contributed by atoms with Crippen LogP contribution in [0.3, 0.4) is 0 Å². The minimum atomic E-state index is 0.834. The molecule has 4 unspecified atom stereocenters. The molecule has 2 N–H and O–H groups in total. The van der Waals surface area contributed by atoms with Crippen LogP contribution in [0.5, 0.6) is 0 Å². The summed E-state index contributed by atoms with van der Waals surface area (Å²) in [7, 11) is 0. The summed E-state index contributed by atoms with van der Waals surface area (Å²) < 4.78 is 0. The van der Waals surface area contributed by atoms with Gasteiger partial charge >= 0.3 is 0 Å². The Morgan fingerprint density at radius 2 is 2.17 bits per heavy atom. The van der Waals surface area contributed by atoms with E-state index >= 15 is 0 Å². The Morgan fingerprint density at radius 3 is 2.58 bits per heavy atom. The number of fused-ring (bicyclic) bond motifs is 2. The van der Waals surface area contributed by atoms with Crippen molar-refractivity contribution in [1.29, 1.82) is 0 Å². The molecule has 0 saturated heterocycles. The number of nitrogens with two attached hydrogens (primary N) is 1. The fourth-order valence-electron chi connectivity index (χ4n) is 3.52. The highest BCUT2D eigenvalue weighted by molar-refractivity contribution is 4.92. The SMILES string of the molecule is CCC(CN)C1CC2CCC1C2. The molecule has 0 aliphatic heterocycles. The maximum Gasteiger partial charge on any atom is -0.00462 e. The van der Waals surface area contributed by atoms with Gasteiger partial charge in [-0.2, -0.15) is 0 Å². The van der Waals surface area contributed by atoms with Gasteiger partial charge in [0, 0.05) is 0 Å². The summed E-state index contributed by atoms with van der Waals surface area (Å²) in [6.45, 7) is 3.22. The molecule has 1 nitrogen and oxygen atoms in total. The summed E-state index contributed by atoms with van der Waals surface area (Å²) in [6, 6.07) is 0. The van der Waals surface area contributed by atoms with Crippen molar-refractivity contribution in [3.8, 4) is 0 Å². The van der Waals surface area contributed by atoms with E-state index in [9.17, 15) is 0 Å². The van der Waals surface area contributed by atoms with Crippen LogP contribution < -0.4 is 5.73 Å². The molecule has 70 valence electrons. The summed E-state index contributed by atoms with van der Waals surface area (Å²) in [5.41, 5.74) is 5.79. The van der Waals surface area contributed by atoms with Crippen molar-refractivity contribution < 1.29 is 0 Å². The Kier molecular flexibility index (Phi) is 2.40. The molecule has 2 aliphatic carbocycles. The smallest absolute Gasteiger partial charge is 0.00462 e. The first-order valence-electron chi connectivity index (χ1n) is 5.55. The van der Waals surface area contributed by atoms with Crippen molar-refractivity contribution in [2.45, 2.75) is 39.0 Å². The zero-order chi connectivity index (χ0) is 8.55. The number of rotatable bonds is 3. The second-order valence-electron chi connectivity index (χ2n) is 4.74. The standard InChI is InChI=1S/C11H21N/c1-2-9(7-12)11-6-8-3-4-10(11)5-8/h8-11H,2-7,12H2,1H3. The van der Waals surface area contributed by atoms with Crippen molar-refractivity contribution in [2.75, 3.05) is 6.54 Å². The largest absolute Gasteiger partial charge is 0.330 e. The molecule has 0 aromatic heterocycles. The third-order valence-corrected chi connectivity index (χ3v) is 4.23. The Labute approximate surface area is 75.7 Å². The molecule has 0 amide bonds. The normalized spacial score (nSPS) is 42.0. The van der Waals surface area contributed by atoms with Gasteiger partial charge in [-0.15, -0.1) is 0 Å². The fourth-order valence-corrected chi connectivity index (χ4v) is 3.52. The molecule has 2 bridgehead atoms. The lowest BCUT2D eigenvalue weighted by Gasteiger charge is -2.28. The summed E-state index contributed by atoms with van der Waals surface area (Å²) in [4.78, 5) is 0. The van der Waals surface area contributed by atoms with Crippen LogP contribution in [-0.2, 0) is 0 Å². The van der Waals surface area contributed by atoms with E-state index in [4.69, 9.17) is 5.73 Å². The van der Waals surface area contributed by atoms with E-state index in [1.807, 2.05) is 0 Å². The predicted octanol–water partition coefficient (Wildman–Crippen LogP) is 2.41. The second kappa shape index (κ2) is 3.37. The van der Waals surface area contributed by atoms with Crippen LogP contribution in [0.2, 0.25) is 0 Å². The van der Waals surface area contributed by atoms with Crippen LogP contribution >= 0.6 is 0 Å². The predicted molar refractivity (Wildman–Crippen MR) is 51.8 cm³/mol. The van der Waals surface area contributed by atoms with Gasteiger partial charge in [-0.1, -0.05) is 19.8 Å². The fraction of sp³-hybridized carbons (Fsp3) is 1.00. The van der Waals surface area contributed by atoms with Crippen LogP contribution in [0.25, 0.3) is 0 Å². The van der Waals surface area contributed by atoms with Crippen molar-refractivity contribution in [3.63, 3.8) is 0 Å². The van der Waals surface area contributed by atoms with Crippen molar-refractivity contribution >= 4 is 0 Å². The summed E-state index contributed by atoms with van der Waals surface area (Å²) in [6.07, 6.45) is 7.35. The zero-order valence-electron chi connectivity index (χ0n) is 8.13. The van der Waals surface area contributed by atoms with Gasteiger partial charge in [-0.25, -0.2) is 0 Å². The average Bonchev–Trinajstić information content (AvgIpc) is 2.67. The maximum absolute atomic E-state index is 5.79. The first-order valence-corrected chi connectivity index (χ1v) is 5.55. The molecule has 0 aromatic carbocycles. The van der Waals surface area contributed by atoms with Gasteiger partial charge in [0.1, 0.15) is 0 Å². The Balaban J connectivity index is 1.96. The highest BCUT2D eigenvalue weighted by Gasteiger charge is 2.41. The second-order valence-corrected chi connectivity index (χ2v) is 4.74. The lowest BCUT2D eigenvalue weighted by Crippen LogP contribution is -2.26. The molecule has 2 fully saturated rings. The third kappa shape index (κ3) is 1.28. The lowest BCUT2D eigenvalue weighted by molar-refractivity contribution is 0.226. The molecule has 0 aromatic rings. The van der Waals surface area contributed by atoms with E-state index in [2.05, 4.69) is 6.92 Å². The van der Waals surface area contributed by atoms with Gasteiger partial charge in [0.2, 0.25) is 0 Å². The molecule has 0 heterocycles. The molecule has 12 heavy (non-hydrogen) atoms. The molecule has 2 aliphatic rings. The Hall–Kier alpha value is -0.0400. The van der Waals surface area contributed by atoms with Gasteiger partial charge in [0.25, 0.3) is 0 Å². The molecule has 2 saturated carbocycles. The van der Waals surface area contributed by atoms with Crippen molar-refractivity contribution in [1.82, 2.24) is 0 Å². The maximum atomic E-state index is 5.79. The number of hydrogen-bond acceptors (Lipinski definition) is 1. The highest BCUT2D eigenvalue weighted by Crippen LogP contribution is 2.51. The van der Waals surface area contributed by atoms with E-state index in [1.54, 1.807) is 0 Å². The van der Waals surface area contributed by atoms with E-state index in [1.165, 1.54) is 32.1 Å². The first-order chi connectivity index (χ1) is 5.85. The van der Waals surface area contributed by atoms with Crippen LogP contribution in [0.15, 0.2) is 0 Å². The van der Waals surface area contributed by atoms with Gasteiger partial charge in [-0.3, -0.25) is 0 Å². The summed E-state index contributed by atoms with van der Waals surface area (Å²) >= 11 is 0. The quantitative estimate of drug-likeness (QED) is 0.686. The Bertz CT molecular complexity index is 151. The molecule has 0 spiro atoms. The highest BCUT2D eigenvalue weighted by atomic mass is 14.6. The minimum absolute atomic E-state index is 0.834. The van der Waals surface area contributed by atoms with Crippen molar-refractivity contribution in [3.05, 3.63) is 0 Å². The van der Waals surface area contributed by atoms with Gasteiger partial charge in [0.15, 0.2) is 0 Å². The van der Waals surface area contributed by atoms with E-state index < -0.39 is 0 Å². The number of hydrogen-bond donors (Lipinski definition) is 1. The minimum Gasteiger partial charge on any atom is -0.330 e. The topological polar surface area (TPSA) is 26.0 Å². The summed E-state index contributed by atoms with van der Waals surface area (Å²) in [5, 5.41) is 0. The molecular formula is C11H21N. The first kappa shape index (κ1) is 8.55. The van der Waals surface area contributed by atoms with E-state index in [-0.39, 0.29) is 0 Å². The lowest BCUT2D eigenvalue weighted by atomic mass is 9.78. The van der Waals surface area contributed by atoms with Crippen LogP contribution in [-0.4, -0.2) is 6.54 Å². The molecular weight excluding hydrogens is 146 g/mol. The van der Waals surface area contributed by atoms with Crippen LogP contribution in [0.4, 0.5) is 0 Å². The van der Waals surface area contributed by atoms with Gasteiger partial charge in [-0.05, 0) is 49.5 Å². The Morgan fingerprint density at radius 1 is 1.33 bits per heavy atom. The molecule has 2 rings (SSSR count). The van der Waals surface area contributed by atoms with E-state index in [0.717, 1.165) is 30.2 Å². The van der Waals surface area contributed by atoms with Crippen LogP contribution in [0, 0.1) is 23.7 Å². The molecule has 0 radical (unpaired) electrons. The summed E-state index contributed by atoms with van der Waals surface area (Å²) in [5.74, 6) is 3.98. The molecule has 4 atom stereocenters. The zero-order valence-corrected chi connectivity index (χ0v) is 8.13. The van der Waals surface area contributed by atoms with Gasteiger partial charge < -0.3 is 5.73 Å². The average molecular weight is 167 g/mol. The van der Waals surface area contributed by atoms with Crippen molar-refractivity contribution in [2.24, 2.45) is 29.4 Å². The molecule has 1 heteroatoms. The van der Waals surface area contributed by atoms with Gasteiger partial charge in [0.05, 0.1) is 0 Å². The third-order valence-electron chi connectivity index (χ3n) is 4.23. The monoisotopic (exact) mass is 167 g/mol.